The number of carbonyl (C=O) groups excluding carboxylic acids is 2. The number of carbonyl (C=O) groups is 2. The Bertz CT molecular complexity index is 827. The molecule has 28 heavy (non-hydrogen) atoms. The summed E-state index contributed by atoms with van der Waals surface area (Å²) in [6.07, 6.45) is 0. The van der Waals surface area contributed by atoms with E-state index < -0.39 is 6.04 Å². The molecule has 150 valence electrons. The first-order valence-electron chi connectivity index (χ1n) is 8.57. The highest BCUT2D eigenvalue weighted by Crippen LogP contribution is 2.24. The highest BCUT2D eigenvalue weighted by atomic mass is 35.5. The van der Waals surface area contributed by atoms with Crippen LogP contribution in [-0.2, 0) is 16.1 Å². The second-order valence-corrected chi connectivity index (χ2v) is 6.84. The van der Waals surface area contributed by atoms with Crippen molar-refractivity contribution in [3.05, 3.63) is 58.1 Å². The molecule has 1 N–H and O–H groups in total. The maximum atomic E-state index is 12.8. The van der Waals surface area contributed by atoms with E-state index in [0.29, 0.717) is 21.5 Å². The van der Waals surface area contributed by atoms with E-state index >= 15 is 0 Å². The lowest BCUT2D eigenvalue weighted by Gasteiger charge is -2.28. The molecule has 0 bridgehead atoms. The van der Waals surface area contributed by atoms with Crippen molar-refractivity contribution in [1.82, 2.24) is 10.2 Å². The molecule has 0 heterocycles. The van der Waals surface area contributed by atoms with Crippen LogP contribution in [0.2, 0.25) is 10.0 Å². The lowest BCUT2D eigenvalue weighted by atomic mass is 10.1. The number of ether oxygens (including phenoxy) is 2. The summed E-state index contributed by atoms with van der Waals surface area (Å²) in [6.45, 7) is 1.63. The van der Waals surface area contributed by atoms with Gasteiger partial charge in [0.25, 0.3) is 5.91 Å². The Balaban J connectivity index is 2.13. The molecule has 0 saturated heterocycles. The van der Waals surface area contributed by atoms with Gasteiger partial charge in [-0.3, -0.25) is 9.59 Å². The van der Waals surface area contributed by atoms with Crippen LogP contribution in [0.3, 0.4) is 0 Å². The van der Waals surface area contributed by atoms with E-state index in [2.05, 4.69) is 5.32 Å². The second kappa shape index (κ2) is 10.2. The van der Waals surface area contributed by atoms with Crippen LogP contribution in [0.5, 0.6) is 11.5 Å². The van der Waals surface area contributed by atoms with Crippen molar-refractivity contribution in [3.8, 4) is 11.5 Å². The smallest absolute Gasteiger partial charge is 0.261 e. The number of amides is 2. The molecule has 0 saturated carbocycles. The van der Waals surface area contributed by atoms with Gasteiger partial charge in [-0.05, 0) is 48.9 Å². The molecule has 0 aliphatic rings. The molecular weight excluding hydrogens is 403 g/mol. The number of benzene rings is 2. The lowest BCUT2D eigenvalue weighted by molar-refractivity contribution is -0.142. The van der Waals surface area contributed by atoms with E-state index in [1.54, 1.807) is 56.5 Å². The molecular formula is C20H22Cl2N2O4. The van der Waals surface area contributed by atoms with E-state index in [4.69, 9.17) is 32.7 Å². The van der Waals surface area contributed by atoms with Gasteiger partial charge in [-0.1, -0.05) is 29.3 Å². The van der Waals surface area contributed by atoms with Crippen molar-refractivity contribution in [2.45, 2.75) is 19.5 Å². The first kappa shape index (κ1) is 21.9. The Labute approximate surface area is 174 Å². The molecule has 0 aliphatic heterocycles. The SMILES string of the molecule is CNC(=O)C(C)N(Cc1ccc(Cl)c(Cl)c1)C(=O)COc1ccc(OC)cc1. The molecule has 1 unspecified atom stereocenters. The number of hydrogen-bond acceptors (Lipinski definition) is 4. The predicted octanol–water partition coefficient (Wildman–Crippen LogP) is 3.54. The number of hydrogen-bond donors (Lipinski definition) is 1. The third-order valence-electron chi connectivity index (χ3n) is 4.17. The normalized spacial score (nSPS) is 11.5. The van der Waals surface area contributed by atoms with Crippen molar-refractivity contribution in [2.75, 3.05) is 20.8 Å². The van der Waals surface area contributed by atoms with E-state index in [1.807, 2.05) is 0 Å². The molecule has 2 amide bonds. The zero-order valence-corrected chi connectivity index (χ0v) is 17.4. The molecule has 0 radical (unpaired) electrons. The van der Waals surface area contributed by atoms with E-state index in [1.165, 1.54) is 11.9 Å². The largest absolute Gasteiger partial charge is 0.497 e. The number of methoxy groups -OCH3 is 1. The van der Waals surface area contributed by atoms with Gasteiger partial charge in [-0.2, -0.15) is 0 Å². The van der Waals surface area contributed by atoms with Gasteiger partial charge >= 0.3 is 0 Å². The highest BCUT2D eigenvalue weighted by molar-refractivity contribution is 6.42. The van der Waals surface area contributed by atoms with Crippen molar-refractivity contribution in [2.24, 2.45) is 0 Å². The number of nitrogens with one attached hydrogen (secondary N) is 1. The zero-order chi connectivity index (χ0) is 20.7. The van der Waals surface area contributed by atoms with E-state index in [-0.39, 0.29) is 25.0 Å². The minimum atomic E-state index is -0.688. The number of nitrogens with zero attached hydrogens (tertiary/aromatic N) is 1. The highest BCUT2D eigenvalue weighted by Gasteiger charge is 2.26. The number of likely N-dealkylation sites (N-methyl/N-ethyl adjacent to an activating group) is 1. The average molecular weight is 425 g/mol. The van der Waals surface area contributed by atoms with E-state index in [0.717, 1.165) is 5.56 Å². The van der Waals surface area contributed by atoms with Crippen LogP contribution in [0.25, 0.3) is 0 Å². The molecule has 8 heteroatoms. The first-order valence-corrected chi connectivity index (χ1v) is 9.33. The van der Waals surface area contributed by atoms with Crippen LogP contribution in [0.1, 0.15) is 12.5 Å². The maximum Gasteiger partial charge on any atom is 0.261 e. The quantitative estimate of drug-likeness (QED) is 0.703. The molecule has 2 aromatic rings. The third kappa shape index (κ3) is 5.78. The average Bonchev–Trinajstić information content (AvgIpc) is 2.72. The molecule has 2 aromatic carbocycles. The fraction of sp³-hybridized carbons (Fsp3) is 0.300. The first-order chi connectivity index (χ1) is 13.3. The van der Waals surface area contributed by atoms with Gasteiger partial charge in [0, 0.05) is 13.6 Å². The van der Waals surface area contributed by atoms with Crippen LogP contribution in [0, 0.1) is 0 Å². The van der Waals surface area contributed by atoms with Gasteiger partial charge < -0.3 is 19.7 Å². The van der Waals surface area contributed by atoms with Gasteiger partial charge in [0.15, 0.2) is 6.61 Å². The Morgan fingerprint density at radius 3 is 2.29 bits per heavy atom. The van der Waals surface area contributed by atoms with Crippen LogP contribution in [0.4, 0.5) is 0 Å². The van der Waals surface area contributed by atoms with Crippen LogP contribution < -0.4 is 14.8 Å². The standard InChI is InChI=1S/C20H22Cl2N2O4/c1-13(20(26)23-2)24(11-14-4-9-17(21)18(22)10-14)19(25)12-28-16-7-5-15(27-3)6-8-16/h4-10,13H,11-12H2,1-3H3,(H,23,26). The maximum absolute atomic E-state index is 12.8. The molecule has 6 nitrogen and oxygen atoms in total. The van der Waals surface area contributed by atoms with Crippen molar-refractivity contribution >= 4 is 35.0 Å². The van der Waals surface area contributed by atoms with Crippen LogP contribution >= 0.6 is 23.2 Å². The van der Waals surface area contributed by atoms with Gasteiger partial charge in [0.2, 0.25) is 5.91 Å². The van der Waals surface area contributed by atoms with Gasteiger partial charge in [-0.25, -0.2) is 0 Å². The van der Waals surface area contributed by atoms with E-state index in [9.17, 15) is 9.59 Å². The second-order valence-electron chi connectivity index (χ2n) is 6.02. The minimum absolute atomic E-state index is 0.191. The Hall–Kier alpha value is -2.44. The number of rotatable bonds is 8. The monoisotopic (exact) mass is 424 g/mol. The van der Waals surface area contributed by atoms with Crippen LogP contribution in [-0.4, -0.2) is 43.5 Å². The number of halogens is 2. The van der Waals surface area contributed by atoms with Crippen molar-refractivity contribution in [3.63, 3.8) is 0 Å². The predicted molar refractivity (Wildman–Crippen MR) is 109 cm³/mol. The Morgan fingerprint density at radius 1 is 1.07 bits per heavy atom. The van der Waals surface area contributed by atoms with Gasteiger partial charge in [0.1, 0.15) is 17.5 Å². The molecule has 2 rings (SSSR count). The summed E-state index contributed by atoms with van der Waals surface area (Å²) in [5.74, 6) is 0.597. The zero-order valence-electron chi connectivity index (χ0n) is 15.9. The molecule has 1 atom stereocenters. The summed E-state index contributed by atoms with van der Waals surface area (Å²) in [7, 11) is 3.09. The van der Waals surface area contributed by atoms with Crippen molar-refractivity contribution < 1.29 is 19.1 Å². The van der Waals surface area contributed by atoms with Gasteiger partial charge in [-0.15, -0.1) is 0 Å². The Morgan fingerprint density at radius 2 is 1.71 bits per heavy atom. The topological polar surface area (TPSA) is 67.9 Å². The lowest BCUT2D eigenvalue weighted by Crippen LogP contribution is -2.48. The molecule has 0 aromatic heterocycles. The van der Waals surface area contributed by atoms with Crippen LogP contribution in [0.15, 0.2) is 42.5 Å². The summed E-state index contributed by atoms with van der Waals surface area (Å²) in [6, 6.07) is 11.3. The summed E-state index contributed by atoms with van der Waals surface area (Å²) in [5, 5.41) is 3.36. The van der Waals surface area contributed by atoms with Crippen molar-refractivity contribution in [1.29, 1.82) is 0 Å². The summed E-state index contributed by atoms with van der Waals surface area (Å²) in [5.41, 5.74) is 0.753. The summed E-state index contributed by atoms with van der Waals surface area (Å²) in [4.78, 5) is 26.3. The summed E-state index contributed by atoms with van der Waals surface area (Å²) < 4.78 is 10.7. The fourth-order valence-electron chi connectivity index (χ4n) is 2.53. The third-order valence-corrected chi connectivity index (χ3v) is 4.91. The summed E-state index contributed by atoms with van der Waals surface area (Å²) >= 11 is 12.0. The fourth-order valence-corrected chi connectivity index (χ4v) is 2.85. The molecule has 0 fully saturated rings. The van der Waals surface area contributed by atoms with Gasteiger partial charge in [0.05, 0.1) is 17.2 Å². The Kier molecular flexibility index (Phi) is 7.96. The minimum Gasteiger partial charge on any atom is -0.497 e. The molecule has 0 aliphatic carbocycles. The molecule has 0 spiro atoms.